The van der Waals surface area contributed by atoms with E-state index in [1.54, 1.807) is 13.2 Å². The van der Waals surface area contributed by atoms with Crippen LogP contribution in [0.4, 0.5) is 4.39 Å². The van der Waals surface area contributed by atoms with Crippen molar-refractivity contribution in [2.75, 3.05) is 13.7 Å². The van der Waals surface area contributed by atoms with E-state index in [4.69, 9.17) is 9.47 Å². The molecule has 0 saturated carbocycles. The predicted molar refractivity (Wildman–Crippen MR) is 81.1 cm³/mol. The van der Waals surface area contributed by atoms with Crippen molar-refractivity contribution in [3.05, 3.63) is 59.4 Å². The molecule has 21 heavy (non-hydrogen) atoms. The van der Waals surface area contributed by atoms with E-state index in [1.807, 2.05) is 37.3 Å². The maximum atomic E-state index is 13.9. The lowest BCUT2D eigenvalue weighted by Crippen LogP contribution is -2.13. The third-order valence-corrected chi connectivity index (χ3v) is 3.13. The fourth-order valence-corrected chi connectivity index (χ4v) is 2.03. The van der Waals surface area contributed by atoms with Gasteiger partial charge in [0.05, 0.1) is 7.11 Å². The highest BCUT2D eigenvalue weighted by atomic mass is 19.1. The van der Waals surface area contributed by atoms with Gasteiger partial charge in [0.2, 0.25) is 0 Å². The summed E-state index contributed by atoms with van der Waals surface area (Å²) < 4.78 is 24.8. The Morgan fingerprint density at radius 1 is 1.14 bits per heavy atom. The van der Waals surface area contributed by atoms with Crippen LogP contribution in [-0.4, -0.2) is 13.7 Å². The van der Waals surface area contributed by atoms with Crippen LogP contribution in [0.5, 0.6) is 11.5 Å². The fraction of sp³-hybridized carbons (Fsp3) is 0.294. The van der Waals surface area contributed by atoms with Crippen LogP contribution in [0.15, 0.2) is 42.5 Å². The van der Waals surface area contributed by atoms with Crippen LogP contribution in [-0.2, 0) is 13.2 Å². The second kappa shape index (κ2) is 7.64. The molecule has 0 bridgehead atoms. The number of nitrogens with one attached hydrogen (secondary N) is 1. The highest BCUT2D eigenvalue weighted by Crippen LogP contribution is 2.24. The summed E-state index contributed by atoms with van der Waals surface area (Å²) in [7, 11) is 1.62. The van der Waals surface area contributed by atoms with Gasteiger partial charge in [-0.2, -0.15) is 0 Å². The summed E-state index contributed by atoms with van der Waals surface area (Å²) in [4.78, 5) is 0. The van der Waals surface area contributed by atoms with Crippen molar-refractivity contribution >= 4 is 0 Å². The molecule has 1 N–H and O–H groups in total. The van der Waals surface area contributed by atoms with Crippen LogP contribution in [0, 0.1) is 5.82 Å². The SMILES string of the molecule is CCNCc1cccc(F)c1OCc1cccc(OC)c1. The van der Waals surface area contributed by atoms with Gasteiger partial charge in [0, 0.05) is 12.1 Å². The van der Waals surface area contributed by atoms with Gasteiger partial charge in [0.25, 0.3) is 0 Å². The summed E-state index contributed by atoms with van der Waals surface area (Å²) >= 11 is 0. The van der Waals surface area contributed by atoms with Crippen molar-refractivity contribution in [3.63, 3.8) is 0 Å². The average molecular weight is 289 g/mol. The quantitative estimate of drug-likeness (QED) is 0.846. The van der Waals surface area contributed by atoms with Crippen molar-refractivity contribution in [1.29, 1.82) is 0 Å². The lowest BCUT2D eigenvalue weighted by atomic mass is 10.2. The van der Waals surface area contributed by atoms with Gasteiger partial charge in [-0.05, 0) is 30.3 Å². The minimum Gasteiger partial charge on any atom is -0.497 e. The predicted octanol–water partition coefficient (Wildman–Crippen LogP) is 3.52. The summed E-state index contributed by atoms with van der Waals surface area (Å²) in [6, 6.07) is 12.5. The maximum absolute atomic E-state index is 13.9. The molecule has 0 spiro atoms. The van der Waals surface area contributed by atoms with Gasteiger partial charge in [-0.3, -0.25) is 0 Å². The Morgan fingerprint density at radius 3 is 2.71 bits per heavy atom. The van der Waals surface area contributed by atoms with Crippen molar-refractivity contribution in [3.8, 4) is 11.5 Å². The topological polar surface area (TPSA) is 30.5 Å². The maximum Gasteiger partial charge on any atom is 0.165 e. The van der Waals surface area contributed by atoms with Crippen LogP contribution in [0.3, 0.4) is 0 Å². The van der Waals surface area contributed by atoms with E-state index in [9.17, 15) is 4.39 Å². The van der Waals surface area contributed by atoms with Crippen LogP contribution in [0.25, 0.3) is 0 Å². The third-order valence-electron chi connectivity index (χ3n) is 3.13. The molecule has 2 aromatic rings. The van der Waals surface area contributed by atoms with E-state index in [0.29, 0.717) is 18.9 Å². The summed E-state index contributed by atoms with van der Waals surface area (Å²) in [5.74, 6) is 0.729. The number of rotatable bonds is 7. The first-order valence-electron chi connectivity index (χ1n) is 6.98. The van der Waals surface area contributed by atoms with Crippen LogP contribution in [0.2, 0.25) is 0 Å². The van der Waals surface area contributed by atoms with Crippen molar-refractivity contribution in [2.45, 2.75) is 20.1 Å². The average Bonchev–Trinajstić information content (AvgIpc) is 2.52. The molecule has 0 unspecified atom stereocenters. The lowest BCUT2D eigenvalue weighted by Gasteiger charge is -2.13. The molecule has 112 valence electrons. The standard InChI is InChI=1S/C17H20FNO2/c1-3-19-11-14-7-5-9-16(18)17(14)21-12-13-6-4-8-15(10-13)20-2/h4-10,19H,3,11-12H2,1-2H3. The Balaban J connectivity index is 2.11. The first kappa shape index (κ1) is 15.3. The van der Waals surface area contributed by atoms with E-state index in [-0.39, 0.29) is 5.82 Å². The van der Waals surface area contributed by atoms with Gasteiger partial charge < -0.3 is 14.8 Å². The molecule has 0 atom stereocenters. The smallest absolute Gasteiger partial charge is 0.165 e. The monoisotopic (exact) mass is 289 g/mol. The van der Waals surface area contributed by atoms with Gasteiger partial charge in [0.1, 0.15) is 12.4 Å². The summed E-state index contributed by atoms with van der Waals surface area (Å²) in [6.07, 6.45) is 0. The Labute approximate surface area is 124 Å². The van der Waals surface area contributed by atoms with Crippen LogP contribution < -0.4 is 14.8 Å². The molecule has 2 rings (SSSR count). The molecule has 0 aliphatic carbocycles. The molecular formula is C17H20FNO2. The number of halogens is 1. The number of benzene rings is 2. The number of methoxy groups -OCH3 is 1. The molecule has 4 heteroatoms. The van der Waals surface area contributed by atoms with Crippen LogP contribution >= 0.6 is 0 Å². The normalized spacial score (nSPS) is 10.4. The molecule has 0 aromatic heterocycles. The lowest BCUT2D eigenvalue weighted by molar-refractivity contribution is 0.285. The van der Waals surface area contributed by atoms with Crippen molar-refractivity contribution < 1.29 is 13.9 Å². The molecular weight excluding hydrogens is 269 g/mol. The minimum absolute atomic E-state index is 0.303. The third kappa shape index (κ3) is 4.20. The van der Waals surface area contributed by atoms with Crippen LogP contribution in [0.1, 0.15) is 18.1 Å². The highest BCUT2D eigenvalue weighted by molar-refractivity contribution is 5.35. The zero-order chi connectivity index (χ0) is 15.1. The van der Waals surface area contributed by atoms with E-state index < -0.39 is 0 Å². The fourth-order valence-electron chi connectivity index (χ4n) is 2.03. The number of hydrogen-bond donors (Lipinski definition) is 1. The molecule has 0 aliphatic rings. The summed E-state index contributed by atoms with van der Waals surface area (Å²) in [5, 5.41) is 3.18. The zero-order valence-electron chi connectivity index (χ0n) is 12.4. The minimum atomic E-state index is -0.340. The molecule has 0 amide bonds. The van der Waals surface area contributed by atoms with Crippen molar-refractivity contribution in [2.24, 2.45) is 0 Å². The first-order chi connectivity index (χ1) is 10.2. The second-order valence-electron chi connectivity index (χ2n) is 4.65. The van der Waals surface area contributed by atoms with Gasteiger partial charge >= 0.3 is 0 Å². The zero-order valence-corrected chi connectivity index (χ0v) is 12.4. The molecule has 0 aliphatic heterocycles. The number of ether oxygens (including phenoxy) is 2. The molecule has 3 nitrogen and oxygen atoms in total. The van der Waals surface area contributed by atoms with Gasteiger partial charge in [0.15, 0.2) is 11.6 Å². The number of para-hydroxylation sites is 1. The van der Waals surface area contributed by atoms with E-state index in [2.05, 4.69) is 5.32 Å². The summed E-state index contributed by atoms with van der Waals surface area (Å²) in [6.45, 7) is 3.72. The summed E-state index contributed by atoms with van der Waals surface area (Å²) in [5.41, 5.74) is 1.76. The first-order valence-corrected chi connectivity index (χ1v) is 6.98. The molecule has 0 saturated heterocycles. The molecule has 0 fully saturated rings. The Bertz CT molecular complexity index is 587. The van der Waals surface area contributed by atoms with Gasteiger partial charge in [-0.15, -0.1) is 0 Å². The van der Waals surface area contributed by atoms with Gasteiger partial charge in [-0.1, -0.05) is 31.2 Å². The largest absolute Gasteiger partial charge is 0.497 e. The van der Waals surface area contributed by atoms with Gasteiger partial charge in [-0.25, -0.2) is 4.39 Å². The molecule has 2 aromatic carbocycles. The molecule has 0 heterocycles. The van der Waals surface area contributed by atoms with E-state index >= 15 is 0 Å². The number of hydrogen-bond acceptors (Lipinski definition) is 3. The molecule has 0 radical (unpaired) electrons. The highest BCUT2D eigenvalue weighted by Gasteiger charge is 2.10. The Morgan fingerprint density at radius 2 is 1.95 bits per heavy atom. The Kier molecular flexibility index (Phi) is 5.58. The van der Waals surface area contributed by atoms with Crippen molar-refractivity contribution in [1.82, 2.24) is 5.32 Å². The Hall–Kier alpha value is -2.07. The van der Waals surface area contributed by atoms with E-state index in [1.165, 1.54) is 6.07 Å². The van der Waals surface area contributed by atoms with E-state index in [0.717, 1.165) is 23.4 Å². The second-order valence-corrected chi connectivity index (χ2v) is 4.65.